The maximum Gasteiger partial charge on any atom is 0.388 e. The molecule has 0 radical (unpaired) electrons. The molecule has 0 amide bonds. The van der Waals surface area contributed by atoms with Crippen LogP contribution < -0.4 is 0 Å². The highest BCUT2D eigenvalue weighted by Gasteiger charge is 2.08. The molecule has 0 aliphatic heterocycles. The summed E-state index contributed by atoms with van der Waals surface area (Å²) in [5.74, 6) is -1.97. The van der Waals surface area contributed by atoms with Gasteiger partial charge in [-0.25, -0.2) is 8.78 Å². The highest BCUT2D eigenvalue weighted by molar-refractivity contribution is 5.43. The average Bonchev–Trinajstić information content (AvgIpc) is 1.95. The van der Waals surface area contributed by atoms with Crippen LogP contribution in [0.2, 0.25) is 0 Å². The molecular formula is C6H4F2N2O. The predicted octanol–water partition coefficient (Wildman–Crippen LogP) is 2.27. The molecule has 0 bridgehead atoms. The number of benzene rings is 1. The van der Waals surface area contributed by atoms with Gasteiger partial charge in [-0.15, -0.1) is 0 Å². The summed E-state index contributed by atoms with van der Waals surface area (Å²) in [6, 6.07) is 2.86. The van der Waals surface area contributed by atoms with Crippen LogP contribution in [0.15, 0.2) is 18.2 Å². The first-order valence-corrected chi connectivity index (χ1v) is 2.54. The van der Waals surface area contributed by atoms with Crippen molar-refractivity contribution in [3.8, 4) is 0 Å². The first-order chi connectivity index (χ1) is 4.74. The van der Waals surface area contributed by atoms with Crippen LogP contribution in [0.25, 0.3) is 4.98 Å². The van der Waals surface area contributed by atoms with Crippen LogP contribution in [0, 0.1) is 17.0 Å². The van der Waals surface area contributed by atoms with E-state index in [1.807, 2.05) is 0 Å². The molecule has 0 atom stereocenters. The number of halogens is 2. The van der Waals surface area contributed by atoms with Gasteiger partial charge in [0.25, 0.3) is 0 Å². The van der Waals surface area contributed by atoms with Gasteiger partial charge in [-0.3, -0.25) is 0 Å². The molecule has 0 aliphatic carbocycles. The Kier molecular flexibility index (Phi) is 3.08. The Morgan fingerprint density at radius 2 is 1.82 bits per heavy atom. The smallest absolute Gasteiger partial charge is 0.388 e. The topological polar surface area (TPSA) is 58.1 Å². The van der Waals surface area contributed by atoms with Crippen molar-refractivity contribution in [1.82, 2.24) is 0 Å². The first kappa shape index (κ1) is 9.46. The summed E-state index contributed by atoms with van der Waals surface area (Å²) < 4.78 is 24.4. The summed E-state index contributed by atoms with van der Waals surface area (Å²) in [5, 5.41) is 8.09. The van der Waals surface area contributed by atoms with E-state index in [0.717, 1.165) is 12.1 Å². The SMILES string of the molecule is N#[N+]c1ccc(F)c(F)c1.[OH-]. The molecule has 11 heavy (non-hydrogen) atoms. The van der Waals surface area contributed by atoms with Gasteiger partial charge < -0.3 is 5.48 Å². The van der Waals surface area contributed by atoms with Crippen molar-refractivity contribution in [2.45, 2.75) is 0 Å². The average molecular weight is 158 g/mol. The van der Waals surface area contributed by atoms with Crippen LogP contribution in [0.4, 0.5) is 14.5 Å². The van der Waals surface area contributed by atoms with E-state index in [-0.39, 0.29) is 11.2 Å². The number of nitrogens with zero attached hydrogens (tertiary/aromatic N) is 2. The third-order valence-corrected chi connectivity index (χ3v) is 1.02. The lowest BCUT2D eigenvalue weighted by molar-refractivity contribution is 0.509. The van der Waals surface area contributed by atoms with E-state index in [1.54, 1.807) is 0 Å². The number of hydrogen-bond acceptors (Lipinski definition) is 2. The van der Waals surface area contributed by atoms with Crippen LogP contribution in [0.1, 0.15) is 0 Å². The van der Waals surface area contributed by atoms with Gasteiger partial charge in [0.1, 0.15) is 0 Å². The quantitative estimate of drug-likeness (QED) is 0.543. The normalized spacial score (nSPS) is 8.09. The molecule has 0 aromatic heterocycles. The van der Waals surface area contributed by atoms with E-state index in [2.05, 4.69) is 4.98 Å². The monoisotopic (exact) mass is 158 g/mol. The zero-order valence-electron chi connectivity index (χ0n) is 5.33. The molecular weight excluding hydrogens is 154 g/mol. The summed E-state index contributed by atoms with van der Waals surface area (Å²) in [6.45, 7) is 0. The fourth-order valence-electron chi connectivity index (χ4n) is 0.547. The van der Waals surface area contributed by atoms with E-state index in [9.17, 15) is 8.78 Å². The molecule has 3 nitrogen and oxygen atoms in total. The van der Waals surface area contributed by atoms with Gasteiger partial charge in [-0.1, -0.05) is 0 Å². The summed E-state index contributed by atoms with van der Waals surface area (Å²) >= 11 is 0. The van der Waals surface area contributed by atoms with Crippen molar-refractivity contribution in [3.63, 3.8) is 0 Å². The second kappa shape index (κ2) is 3.58. The van der Waals surface area contributed by atoms with Crippen molar-refractivity contribution in [2.75, 3.05) is 0 Å². The number of diazo groups is 1. The van der Waals surface area contributed by atoms with Gasteiger partial charge in [0.15, 0.2) is 16.6 Å². The zero-order chi connectivity index (χ0) is 7.56. The molecule has 0 fully saturated rings. The summed E-state index contributed by atoms with van der Waals surface area (Å²) in [5.41, 5.74) is -0.00102. The molecule has 5 heteroatoms. The second-order valence-corrected chi connectivity index (χ2v) is 1.70. The summed E-state index contributed by atoms with van der Waals surface area (Å²) in [6.07, 6.45) is 0. The Morgan fingerprint density at radius 3 is 2.27 bits per heavy atom. The lowest BCUT2D eigenvalue weighted by atomic mass is 10.3. The van der Waals surface area contributed by atoms with E-state index in [4.69, 9.17) is 5.39 Å². The highest BCUT2D eigenvalue weighted by atomic mass is 19.2. The lowest BCUT2D eigenvalue weighted by Gasteiger charge is -1.84. The van der Waals surface area contributed by atoms with Crippen LogP contribution in [-0.4, -0.2) is 5.48 Å². The maximum atomic E-state index is 12.2. The predicted molar refractivity (Wildman–Crippen MR) is 33.0 cm³/mol. The second-order valence-electron chi connectivity index (χ2n) is 1.70. The maximum absolute atomic E-state index is 12.2. The van der Waals surface area contributed by atoms with Gasteiger partial charge in [-0.2, -0.15) is 0 Å². The Labute approximate surface area is 61.2 Å². The minimum absolute atomic E-state index is 0. The summed E-state index contributed by atoms with van der Waals surface area (Å²) in [7, 11) is 0. The number of rotatable bonds is 0. The van der Waals surface area contributed by atoms with Gasteiger partial charge in [0.05, 0.1) is 6.07 Å². The highest BCUT2D eigenvalue weighted by Crippen LogP contribution is 2.15. The van der Waals surface area contributed by atoms with Crippen molar-refractivity contribution >= 4 is 5.69 Å². The Hall–Kier alpha value is -1.54. The molecule has 1 aromatic rings. The molecule has 0 spiro atoms. The fourth-order valence-corrected chi connectivity index (χ4v) is 0.547. The molecule has 0 unspecified atom stereocenters. The van der Waals surface area contributed by atoms with Crippen LogP contribution in [0.5, 0.6) is 0 Å². The van der Waals surface area contributed by atoms with Crippen LogP contribution >= 0.6 is 0 Å². The molecule has 0 saturated carbocycles. The Bertz CT molecular complexity index is 295. The number of hydrogen-bond donors (Lipinski definition) is 0. The minimum atomic E-state index is -1.02. The van der Waals surface area contributed by atoms with Crippen molar-refractivity contribution < 1.29 is 14.3 Å². The molecule has 0 saturated heterocycles. The third kappa shape index (κ3) is 1.95. The standard InChI is InChI=1S/C6H3F2N2.H2O/c7-5-2-1-4(10-9)3-6(5)8;/h1-3H;1H2/q+1;/p-1. The van der Waals surface area contributed by atoms with Crippen molar-refractivity contribution in [2.24, 2.45) is 0 Å². The van der Waals surface area contributed by atoms with E-state index >= 15 is 0 Å². The molecule has 1 rings (SSSR count). The molecule has 58 valence electrons. The van der Waals surface area contributed by atoms with Crippen molar-refractivity contribution in [1.29, 1.82) is 5.39 Å². The molecule has 1 N–H and O–H groups in total. The first-order valence-electron chi connectivity index (χ1n) is 2.54. The molecule has 0 heterocycles. The molecule has 1 aromatic carbocycles. The van der Waals surface area contributed by atoms with Crippen LogP contribution in [0.3, 0.4) is 0 Å². The van der Waals surface area contributed by atoms with E-state index in [0.29, 0.717) is 0 Å². The van der Waals surface area contributed by atoms with E-state index in [1.165, 1.54) is 6.07 Å². The molecule has 0 aliphatic rings. The Balaban J connectivity index is 0.000001000. The fraction of sp³-hybridized carbons (Fsp3) is 0. The van der Waals surface area contributed by atoms with Gasteiger partial charge >= 0.3 is 5.69 Å². The minimum Gasteiger partial charge on any atom is -0.870 e. The summed E-state index contributed by atoms with van der Waals surface area (Å²) in [4.78, 5) is 2.67. The van der Waals surface area contributed by atoms with E-state index < -0.39 is 11.6 Å². The Morgan fingerprint density at radius 1 is 1.18 bits per heavy atom. The lowest BCUT2D eigenvalue weighted by Crippen LogP contribution is -1.79. The third-order valence-electron chi connectivity index (χ3n) is 1.02. The van der Waals surface area contributed by atoms with Crippen molar-refractivity contribution in [3.05, 3.63) is 34.8 Å². The van der Waals surface area contributed by atoms with Gasteiger partial charge in [0, 0.05) is 6.07 Å². The zero-order valence-corrected chi connectivity index (χ0v) is 5.33. The van der Waals surface area contributed by atoms with Gasteiger partial charge in [0.2, 0.25) is 5.39 Å². The largest absolute Gasteiger partial charge is 0.870 e. The van der Waals surface area contributed by atoms with Crippen LogP contribution in [-0.2, 0) is 0 Å². The van der Waals surface area contributed by atoms with Gasteiger partial charge in [-0.05, 0) is 6.07 Å².